The zero-order chi connectivity index (χ0) is 24.5. The van der Waals surface area contributed by atoms with Gasteiger partial charge in [-0.25, -0.2) is 0 Å². The minimum Gasteiger partial charge on any atom is -0.457 e. The van der Waals surface area contributed by atoms with Crippen molar-refractivity contribution in [2.45, 2.75) is 68.3 Å². The number of rotatable bonds is 12. The van der Waals surface area contributed by atoms with Gasteiger partial charge >= 0.3 is 5.97 Å². The highest BCUT2D eigenvalue weighted by Gasteiger charge is 2.54. The number of carbonyl (C=O) groups excluding carboxylic acids is 1. The summed E-state index contributed by atoms with van der Waals surface area (Å²) in [4.78, 5) is 11.8. The first-order valence-corrected chi connectivity index (χ1v) is 10.7. The molecule has 2 saturated heterocycles. The zero-order valence-corrected chi connectivity index (χ0v) is 20.6. The molecule has 10 atom stereocenters. The summed E-state index contributed by atoms with van der Waals surface area (Å²) in [6, 6.07) is 0. The molecule has 2 fully saturated rings. The lowest BCUT2D eigenvalue weighted by Gasteiger charge is -2.49. The summed E-state index contributed by atoms with van der Waals surface area (Å²) in [6.45, 7) is 1.70. The summed E-state index contributed by atoms with van der Waals surface area (Å²) in [5.74, 6) is -0.493. The van der Waals surface area contributed by atoms with Gasteiger partial charge in [0.2, 0.25) is 0 Å². The molecule has 0 saturated carbocycles. The van der Waals surface area contributed by atoms with Crippen molar-refractivity contribution in [3.05, 3.63) is 0 Å². The SMILES string of the molecule is COC[C@H]1O[C@@H](O[C@H]2[C@@H](OC)O[C@H](COC)[C@@H](OC(C)=O)[C@@H]2OC)[C@H](OC)[C@@H](OC)[C@H]1OC. The lowest BCUT2D eigenvalue weighted by molar-refractivity contribution is -0.371. The first-order valence-electron chi connectivity index (χ1n) is 10.7. The molecule has 0 N–H and O–H groups in total. The Hall–Kier alpha value is -0.930. The van der Waals surface area contributed by atoms with E-state index in [1.165, 1.54) is 35.4 Å². The fraction of sp³-hybridized carbons (Fsp3) is 0.952. The van der Waals surface area contributed by atoms with E-state index >= 15 is 0 Å². The van der Waals surface area contributed by atoms with Crippen LogP contribution in [0.5, 0.6) is 0 Å². The second kappa shape index (κ2) is 13.8. The van der Waals surface area contributed by atoms with Crippen molar-refractivity contribution in [3.63, 3.8) is 0 Å². The van der Waals surface area contributed by atoms with Crippen LogP contribution in [0.2, 0.25) is 0 Å². The summed E-state index contributed by atoms with van der Waals surface area (Å²) < 4.78 is 62.8. The van der Waals surface area contributed by atoms with Crippen LogP contribution in [0.4, 0.5) is 0 Å². The third-order valence-electron chi connectivity index (χ3n) is 5.76. The van der Waals surface area contributed by atoms with Crippen LogP contribution in [0.15, 0.2) is 0 Å². The number of carbonyl (C=O) groups is 1. The molecular weight excluding hydrogens is 444 g/mol. The zero-order valence-electron chi connectivity index (χ0n) is 20.6. The molecule has 194 valence electrons. The van der Waals surface area contributed by atoms with Gasteiger partial charge in [-0.1, -0.05) is 0 Å². The Morgan fingerprint density at radius 3 is 1.55 bits per heavy atom. The maximum Gasteiger partial charge on any atom is 0.303 e. The molecular formula is C21H38O12. The molecule has 12 heteroatoms. The highest BCUT2D eigenvalue weighted by atomic mass is 16.8. The molecule has 2 aliphatic heterocycles. The minimum atomic E-state index is -0.924. The summed E-state index contributed by atoms with van der Waals surface area (Å²) in [7, 11) is 10.7. The van der Waals surface area contributed by atoms with Gasteiger partial charge in [-0.2, -0.15) is 0 Å². The Balaban J connectivity index is 2.35. The highest BCUT2D eigenvalue weighted by Crippen LogP contribution is 2.34. The van der Waals surface area contributed by atoms with Gasteiger partial charge in [0, 0.05) is 56.7 Å². The fourth-order valence-electron chi connectivity index (χ4n) is 4.36. The molecule has 0 spiro atoms. The Morgan fingerprint density at radius 2 is 1.09 bits per heavy atom. The van der Waals surface area contributed by atoms with Gasteiger partial charge in [0.25, 0.3) is 0 Å². The molecule has 33 heavy (non-hydrogen) atoms. The van der Waals surface area contributed by atoms with Gasteiger partial charge in [-0.3, -0.25) is 4.79 Å². The Bertz CT molecular complexity index is 577. The number of esters is 1. The van der Waals surface area contributed by atoms with Gasteiger partial charge in [-0.15, -0.1) is 0 Å². The third kappa shape index (κ3) is 6.60. The van der Waals surface area contributed by atoms with E-state index in [4.69, 9.17) is 52.1 Å². The van der Waals surface area contributed by atoms with Crippen LogP contribution in [-0.4, -0.2) is 130 Å². The second-order valence-corrected chi connectivity index (χ2v) is 7.71. The molecule has 0 bridgehead atoms. The van der Waals surface area contributed by atoms with Crippen LogP contribution >= 0.6 is 0 Å². The molecule has 2 heterocycles. The van der Waals surface area contributed by atoms with Gasteiger partial charge < -0.3 is 52.1 Å². The highest BCUT2D eigenvalue weighted by molar-refractivity contribution is 5.66. The molecule has 0 aromatic carbocycles. The Labute approximate surface area is 194 Å². The number of hydrogen-bond acceptors (Lipinski definition) is 12. The predicted molar refractivity (Wildman–Crippen MR) is 112 cm³/mol. The van der Waals surface area contributed by atoms with Crippen molar-refractivity contribution in [1.29, 1.82) is 0 Å². The molecule has 0 aromatic heterocycles. The molecule has 12 nitrogen and oxygen atoms in total. The van der Waals surface area contributed by atoms with Crippen molar-refractivity contribution in [2.24, 2.45) is 0 Å². The largest absolute Gasteiger partial charge is 0.457 e. The van der Waals surface area contributed by atoms with Gasteiger partial charge in [0.1, 0.15) is 42.7 Å². The quantitative estimate of drug-likeness (QED) is 0.341. The first-order chi connectivity index (χ1) is 15.9. The predicted octanol–water partition coefficient (Wildman–Crippen LogP) is -0.248. The lowest BCUT2D eigenvalue weighted by atomic mass is 9.96. The fourth-order valence-corrected chi connectivity index (χ4v) is 4.36. The first kappa shape index (κ1) is 28.3. The molecule has 0 unspecified atom stereocenters. The van der Waals surface area contributed by atoms with Gasteiger partial charge in [-0.05, 0) is 0 Å². The van der Waals surface area contributed by atoms with Crippen LogP contribution in [0, 0.1) is 0 Å². The summed E-state index contributed by atoms with van der Waals surface area (Å²) in [5.41, 5.74) is 0. The standard InChI is InChI=1S/C21H38O12/c1-11(22)30-15-13(10-24-3)31-20(29-8)19(17(15)27-6)33-21-18(28-7)16(26-5)14(25-4)12(32-21)9-23-2/h12-21H,9-10H2,1-8H3/t12-,13-,14+,15-,16+,17+,18-,19-,20+,21+/m1/s1. The Kier molecular flexibility index (Phi) is 11.9. The molecule has 0 amide bonds. The van der Waals surface area contributed by atoms with Crippen molar-refractivity contribution < 1.29 is 56.9 Å². The van der Waals surface area contributed by atoms with Gasteiger partial charge in [0.15, 0.2) is 18.7 Å². The van der Waals surface area contributed by atoms with Crippen LogP contribution in [0.25, 0.3) is 0 Å². The van der Waals surface area contributed by atoms with E-state index in [1.807, 2.05) is 0 Å². The maximum atomic E-state index is 11.8. The van der Waals surface area contributed by atoms with Crippen LogP contribution in [-0.2, 0) is 56.9 Å². The second-order valence-electron chi connectivity index (χ2n) is 7.71. The van der Waals surface area contributed by atoms with E-state index in [2.05, 4.69) is 0 Å². The van der Waals surface area contributed by atoms with E-state index in [1.54, 1.807) is 21.3 Å². The van der Waals surface area contributed by atoms with Crippen LogP contribution in [0.3, 0.4) is 0 Å². The van der Waals surface area contributed by atoms with E-state index in [-0.39, 0.29) is 13.2 Å². The van der Waals surface area contributed by atoms with E-state index in [9.17, 15) is 4.79 Å². The molecule has 2 rings (SSSR count). The van der Waals surface area contributed by atoms with E-state index < -0.39 is 67.4 Å². The number of hydrogen-bond donors (Lipinski definition) is 0. The summed E-state index contributed by atoms with van der Waals surface area (Å²) in [6.07, 6.45) is -6.98. The normalized spacial score (nSPS) is 39.4. The summed E-state index contributed by atoms with van der Waals surface area (Å²) >= 11 is 0. The smallest absolute Gasteiger partial charge is 0.303 e. The molecule has 0 aromatic rings. The van der Waals surface area contributed by atoms with E-state index in [0.29, 0.717) is 0 Å². The van der Waals surface area contributed by atoms with Gasteiger partial charge in [0.05, 0.1) is 13.2 Å². The van der Waals surface area contributed by atoms with Crippen molar-refractivity contribution in [1.82, 2.24) is 0 Å². The van der Waals surface area contributed by atoms with Crippen molar-refractivity contribution in [3.8, 4) is 0 Å². The lowest BCUT2D eigenvalue weighted by Crippen LogP contribution is -2.66. The van der Waals surface area contributed by atoms with E-state index in [0.717, 1.165) is 0 Å². The molecule has 0 radical (unpaired) electrons. The van der Waals surface area contributed by atoms with Crippen molar-refractivity contribution >= 4 is 5.97 Å². The molecule has 0 aliphatic carbocycles. The average Bonchev–Trinajstić information content (AvgIpc) is 2.80. The number of ether oxygens (including phenoxy) is 11. The average molecular weight is 483 g/mol. The third-order valence-corrected chi connectivity index (χ3v) is 5.76. The minimum absolute atomic E-state index is 0.155. The van der Waals surface area contributed by atoms with Crippen LogP contribution < -0.4 is 0 Å². The Morgan fingerprint density at radius 1 is 0.606 bits per heavy atom. The molecule has 2 aliphatic rings. The number of methoxy groups -OCH3 is 7. The monoisotopic (exact) mass is 482 g/mol. The maximum absolute atomic E-state index is 11.8. The summed E-state index contributed by atoms with van der Waals surface area (Å²) in [5, 5.41) is 0. The van der Waals surface area contributed by atoms with Crippen LogP contribution in [0.1, 0.15) is 6.92 Å². The topological polar surface area (TPSA) is 119 Å². The van der Waals surface area contributed by atoms with Crippen molar-refractivity contribution in [2.75, 3.05) is 63.0 Å².